The van der Waals surface area contributed by atoms with E-state index in [2.05, 4.69) is 26.0 Å². The molecule has 3 heteroatoms. The summed E-state index contributed by atoms with van der Waals surface area (Å²) < 4.78 is 11.4. The van der Waals surface area contributed by atoms with Crippen LogP contribution in [-0.4, -0.2) is 25.9 Å². The molecule has 1 saturated heterocycles. The van der Waals surface area contributed by atoms with Crippen molar-refractivity contribution in [2.45, 2.75) is 44.6 Å². The van der Waals surface area contributed by atoms with E-state index in [0.717, 1.165) is 31.6 Å². The molecule has 0 aromatic heterocycles. The summed E-state index contributed by atoms with van der Waals surface area (Å²) in [5.74, 6) is 2.05. The van der Waals surface area contributed by atoms with E-state index in [4.69, 9.17) is 15.2 Å². The van der Waals surface area contributed by atoms with Gasteiger partial charge in [0.1, 0.15) is 5.75 Å². The van der Waals surface area contributed by atoms with Crippen molar-refractivity contribution in [3.63, 3.8) is 0 Å². The number of ether oxygens (including phenoxy) is 2. The zero-order valence-corrected chi connectivity index (χ0v) is 12.9. The molecule has 0 amide bonds. The van der Waals surface area contributed by atoms with E-state index in [-0.39, 0.29) is 5.60 Å². The molecule has 0 bridgehead atoms. The van der Waals surface area contributed by atoms with Crippen LogP contribution in [0.5, 0.6) is 5.75 Å². The summed E-state index contributed by atoms with van der Waals surface area (Å²) in [5, 5.41) is 0. The molecule has 1 fully saturated rings. The van der Waals surface area contributed by atoms with Crippen molar-refractivity contribution < 1.29 is 9.47 Å². The van der Waals surface area contributed by atoms with E-state index in [1.54, 1.807) is 7.11 Å². The van der Waals surface area contributed by atoms with Gasteiger partial charge in [-0.05, 0) is 63.1 Å². The van der Waals surface area contributed by atoms with Crippen LogP contribution in [0.1, 0.15) is 44.6 Å². The number of hydrogen-bond donors (Lipinski definition) is 1. The second-order valence-electron chi connectivity index (χ2n) is 6.29. The highest BCUT2D eigenvalue weighted by atomic mass is 16.5. The van der Waals surface area contributed by atoms with E-state index in [1.165, 1.54) is 5.56 Å². The van der Waals surface area contributed by atoms with Crippen LogP contribution in [-0.2, 0) is 4.74 Å². The summed E-state index contributed by atoms with van der Waals surface area (Å²) in [5.41, 5.74) is 7.13. The van der Waals surface area contributed by atoms with Gasteiger partial charge < -0.3 is 15.2 Å². The van der Waals surface area contributed by atoms with Crippen molar-refractivity contribution in [2.24, 2.45) is 11.7 Å². The molecular formula is C17H27NO2. The molecule has 2 N–H and O–H groups in total. The molecular weight excluding hydrogens is 250 g/mol. The van der Waals surface area contributed by atoms with Crippen LogP contribution in [0.25, 0.3) is 0 Å². The summed E-state index contributed by atoms with van der Waals surface area (Å²) in [6.07, 6.45) is 3.18. The number of para-hydroxylation sites is 1. The van der Waals surface area contributed by atoms with Crippen molar-refractivity contribution in [3.8, 4) is 5.75 Å². The normalized spacial score (nSPS) is 23.3. The third-order valence-corrected chi connectivity index (χ3v) is 4.32. The quantitative estimate of drug-likeness (QED) is 0.898. The number of nitrogens with two attached hydrogens (primary N) is 1. The predicted octanol–water partition coefficient (Wildman–Crippen LogP) is 3.33. The zero-order valence-electron chi connectivity index (χ0n) is 12.9. The van der Waals surface area contributed by atoms with Crippen molar-refractivity contribution in [2.75, 3.05) is 20.3 Å². The molecule has 1 aliphatic rings. The molecule has 2 atom stereocenters. The van der Waals surface area contributed by atoms with E-state index < -0.39 is 0 Å². The molecule has 2 rings (SSSR count). The molecule has 3 nitrogen and oxygen atoms in total. The van der Waals surface area contributed by atoms with Gasteiger partial charge in [0.15, 0.2) is 0 Å². The van der Waals surface area contributed by atoms with Gasteiger partial charge in [-0.1, -0.05) is 18.2 Å². The molecule has 0 aliphatic carbocycles. The molecule has 0 radical (unpaired) electrons. The first-order valence-corrected chi connectivity index (χ1v) is 7.54. The molecule has 0 unspecified atom stereocenters. The Morgan fingerprint density at radius 3 is 2.80 bits per heavy atom. The van der Waals surface area contributed by atoms with Crippen LogP contribution >= 0.6 is 0 Å². The maximum atomic E-state index is 5.86. The van der Waals surface area contributed by atoms with Crippen LogP contribution in [0.15, 0.2) is 24.3 Å². The lowest BCUT2D eigenvalue weighted by Crippen LogP contribution is -2.36. The van der Waals surface area contributed by atoms with Crippen LogP contribution in [0.3, 0.4) is 0 Å². The highest BCUT2D eigenvalue weighted by molar-refractivity contribution is 5.36. The molecule has 1 aliphatic heterocycles. The number of hydrogen-bond acceptors (Lipinski definition) is 3. The Morgan fingerprint density at radius 2 is 2.15 bits per heavy atom. The van der Waals surface area contributed by atoms with Crippen molar-refractivity contribution in [1.29, 1.82) is 0 Å². The topological polar surface area (TPSA) is 44.5 Å². The SMILES string of the molecule is COc1ccccc1[C@@H](CCN)[C@@H]1CCOC(C)(C)C1. The molecule has 112 valence electrons. The summed E-state index contributed by atoms with van der Waals surface area (Å²) in [4.78, 5) is 0. The van der Waals surface area contributed by atoms with Gasteiger partial charge in [-0.2, -0.15) is 0 Å². The summed E-state index contributed by atoms with van der Waals surface area (Å²) in [6, 6.07) is 8.34. The summed E-state index contributed by atoms with van der Waals surface area (Å²) in [7, 11) is 1.74. The predicted molar refractivity (Wildman–Crippen MR) is 82.2 cm³/mol. The second kappa shape index (κ2) is 6.59. The number of rotatable bonds is 5. The van der Waals surface area contributed by atoms with Crippen LogP contribution in [0.4, 0.5) is 0 Å². The molecule has 1 aromatic rings. The number of methoxy groups -OCH3 is 1. The maximum Gasteiger partial charge on any atom is 0.122 e. The summed E-state index contributed by atoms with van der Waals surface area (Å²) in [6.45, 7) is 5.91. The van der Waals surface area contributed by atoms with Crippen molar-refractivity contribution in [3.05, 3.63) is 29.8 Å². The minimum atomic E-state index is -0.0300. The van der Waals surface area contributed by atoms with Crippen molar-refractivity contribution >= 4 is 0 Å². The lowest BCUT2D eigenvalue weighted by molar-refractivity contribution is -0.0772. The highest BCUT2D eigenvalue weighted by Crippen LogP contribution is 2.42. The third-order valence-electron chi connectivity index (χ3n) is 4.32. The van der Waals surface area contributed by atoms with Crippen LogP contribution in [0.2, 0.25) is 0 Å². The summed E-state index contributed by atoms with van der Waals surface area (Å²) >= 11 is 0. The average Bonchev–Trinajstić information content (AvgIpc) is 2.43. The van der Waals surface area contributed by atoms with E-state index >= 15 is 0 Å². The molecule has 20 heavy (non-hydrogen) atoms. The first-order valence-electron chi connectivity index (χ1n) is 7.54. The monoisotopic (exact) mass is 277 g/mol. The van der Waals surface area contributed by atoms with Gasteiger partial charge in [-0.25, -0.2) is 0 Å². The standard InChI is InChI=1S/C17H27NO2/c1-17(2)12-13(9-11-20-17)14(8-10-18)15-6-4-5-7-16(15)19-3/h4-7,13-14H,8-12,18H2,1-3H3/t13-,14+/m1/s1. The Balaban J connectivity index is 2.26. The van der Waals surface area contributed by atoms with E-state index in [9.17, 15) is 0 Å². The third kappa shape index (κ3) is 3.53. The fourth-order valence-corrected chi connectivity index (χ4v) is 3.42. The Hall–Kier alpha value is -1.06. The molecule has 1 aromatic carbocycles. The maximum absolute atomic E-state index is 5.86. The van der Waals surface area contributed by atoms with Crippen LogP contribution in [0, 0.1) is 5.92 Å². The average molecular weight is 277 g/mol. The van der Waals surface area contributed by atoms with E-state index in [1.807, 2.05) is 12.1 Å². The Labute approximate surface area is 122 Å². The minimum Gasteiger partial charge on any atom is -0.496 e. The Bertz CT molecular complexity index is 431. The van der Waals surface area contributed by atoms with Crippen LogP contribution < -0.4 is 10.5 Å². The van der Waals surface area contributed by atoms with Gasteiger partial charge in [0.25, 0.3) is 0 Å². The molecule has 0 spiro atoms. The minimum absolute atomic E-state index is 0.0300. The lowest BCUT2D eigenvalue weighted by Gasteiger charge is -2.39. The Morgan fingerprint density at radius 1 is 1.40 bits per heavy atom. The van der Waals surface area contributed by atoms with Crippen molar-refractivity contribution in [1.82, 2.24) is 0 Å². The molecule has 1 heterocycles. The van der Waals surface area contributed by atoms with Gasteiger partial charge in [-0.3, -0.25) is 0 Å². The fraction of sp³-hybridized carbons (Fsp3) is 0.647. The second-order valence-corrected chi connectivity index (χ2v) is 6.29. The first-order chi connectivity index (χ1) is 9.57. The van der Waals surface area contributed by atoms with Gasteiger partial charge in [-0.15, -0.1) is 0 Å². The number of benzene rings is 1. The van der Waals surface area contributed by atoms with Gasteiger partial charge in [0, 0.05) is 6.61 Å². The van der Waals surface area contributed by atoms with E-state index in [0.29, 0.717) is 18.4 Å². The highest BCUT2D eigenvalue weighted by Gasteiger charge is 2.34. The smallest absolute Gasteiger partial charge is 0.122 e. The first kappa shape index (κ1) is 15.3. The van der Waals surface area contributed by atoms with Gasteiger partial charge in [0.05, 0.1) is 12.7 Å². The van der Waals surface area contributed by atoms with Gasteiger partial charge >= 0.3 is 0 Å². The lowest BCUT2D eigenvalue weighted by atomic mass is 9.75. The zero-order chi connectivity index (χ0) is 14.6. The fourth-order valence-electron chi connectivity index (χ4n) is 3.42. The molecule has 0 saturated carbocycles. The largest absolute Gasteiger partial charge is 0.496 e. The van der Waals surface area contributed by atoms with Gasteiger partial charge in [0.2, 0.25) is 0 Å². The Kier molecular flexibility index (Phi) is 5.06.